The van der Waals surface area contributed by atoms with Crippen LogP contribution in [0.25, 0.3) is 0 Å². The average molecular weight is 334 g/mol. The molecule has 0 aliphatic carbocycles. The van der Waals surface area contributed by atoms with Crippen molar-refractivity contribution in [1.82, 2.24) is 4.90 Å². The summed E-state index contributed by atoms with van der Waals surface area (Å²) >= 11 is 0. The number of carbonyl (C=O) groups is 3. The number of nitrogens with zero attached hydrogens (tertiary/aromatic N) is 1. The van der Waals surface area contributed by atoms with Gasteiger partial charge in [0.05, 0.1) is 13.2 Å². The monoisotopic (exact) mass is 334 g/mol. The summed E-state index contributed by atoms with van der Waals surface area (Å²) < 4.78 is 9.96. The largest absolute Gasteiger partial charge is 0.466 e. The Labute approximate surface area is 140 Å². The fourth-order valence-corrected chi connectivity index (χ4v) is 2.74. The molecular weight excluding hydrogens is 312 g/mol. The van der Waals surface area contributed by atoms with Crippen LogP contribution in [0.4, 0.5) is 5.69 Å². The molecule has 0 bridgehead atoms. The fourth-order valence-electron chi connectivity index (χ4n) is 2.74. The van der Waals surface area contributed by atoms with Crippen molar-refractivity contribution in [1.29, 1.82) is 0 Å². The van der Waals surface area contributed by atoms with Gasteiger partial charge in [-0.15, -0.1) is 0 Å². The summed E-state index contributed by atoms with van der Waals surface area (Å²) in [6.07, 6.45) is 0.201. The molecule has 0 unspecified atom stereocenters. The van der Waals surface area contributed by atoms with Gasteiger partial charge < -0.3 is 20.1 Å². The Morgan fingerprint density at radius 1 is 1.25 bits per heavy atom. The van der Waals surface area contributed by atoms with E-state index in [-0.39, 0.29) is 38.5 Å². The average Bonchev–Trinajstić information content (AvgIpc) is 2.84. The number of hydrogen-bond acceptors (Lipinski definition) is 6. The van der Waals surface area contributed by atoms with Crippen LogP contribution in [0.1, 0.15) is 42.6 Å². The van der Waals surface area contributed by atoms with Crippen molar-refractivity contribution in [2.75, 3.05) is 18.9 Å². The van der Waals surface area contributed by atoms with Gasteiger partial charge in [0.25, 0.3) is 5.91 Å². The highest BCUT2D eigenvalue weighted by atomic mass is 16.5. The molecule has 1 atom stereocenters. The summed E-state index contributed by atoms with van der Waals surface area (Å²) in [4.78, 5) is 37.9. The predicted octanol–water partition coefficient (Wildman–Crippen LogP) is 1.50. The van der Waals surface area contributed by atoms with E-state index in [9.17, 15) is 14.4 Å². The highest BCUT2D eigenvalue weighted by Crippen LogP contribution is 2.28. The Balaban J connectivity index is 2.17. The number of anilines is 1. The first kappa shape index (κ1) is 17.8. The molecule has 130 valence electrons. The summed E-state index contributed by atoms with van der Waals surface area (Å²) in [6.45, 7) is 4.16. The highest BCUT2D eigenvalue weighted by molar-refractivity contribution is 6.01. The van der Waals surface area contributed by atoms with Crippen LogP contribution in [0.3, 0.4) is 0 Å². The third-order valence-corrected chi connectivity index (χ3v) is 3.82. The van der Waals surface area contributed by atoms with Gasteiger partial charge in [-0.3, -0.25) is 9.59 Å². The van der Waals surface area contributed by atoms with Crippen molar-refractivity contribution >= 4 is 23.5 Å². The summed E-state index contributed by atoms with van der Waals surface area (Å²) in [5.74, 6) is -1.18. The molecule has 0 aromatic heterocycles. The standard InChI is InChI=1S/C17H22N2O5/c1-3-23-15(20)8-7-14(17(22)24-4-2)19-10-11-9-12(18)5-6-13(11)16(19)21/h5-6,9,14H,3-4,7-8,10,18H2,1-2H3/t14-/m0/s1. The second kappa shape index (κ2) is 7.81. The number of hydrogen-bond donors (Lipinski definition) is 1. The Kier molecular flexibility index (Phi) is 5.78. The number of fused-ring (bicyclic) bond motifs is 1. The Morgan fingerprint density at radius 3 is 2.62 bits per heavy atom. The topological polar surface area (TPSA) is 98.9 Å². The number of carbonyl (C=O) groups excluding carboxylic acids is 3. The van der Waals surface area contributed by atoms with Crippen molar-refractivity contribution in [3.63, 3.8) is 0 Å². The number of amides is 1. The molecular formula is C17H22N2O5. The van der Waals surface area contributed by atoms with Gasteiger partial charge in [0.2, 0.25) is 0 Å². The van der Waals surface area contributed by atoms with Gasteiger partial charge in [0.15, 0.2) is 0 Å². The molecule has 0 fully saturated rings. The number of nitrogen functional groups attached to an aromatic ring is 1. The van der Waals surface area contributed by atoms with Crippen LogP contribution < -0.4 is 5.73 Å². The zero-order valence-corrected chi connectivity index (χ0v) is 13.9. The number of rotatable bonds is 7. The molecule has 1 aliphatic rings. The minimum absolute atomic E-state index is 0.0413. The van der Waals surface area contributed by atoms with E-state index in [1.807, 2.05) is 0 Å². The third-order valence-electron chi connectivity index (χ3n) is 3.82. The van der Waals surface area contributed by atoms with E-state index in [1.54, 1.807) is 32.0 Å². The van der Waals surface area contributed by atoms with Crippen LogP contribution in [0.15, 0.2) is 18.2 Å². The van der Waals surface area contributed by atoms with Crippen molar-refractivity contribution < 1.29 is 23.9 Å². The van der Waals surface area contributed by atoms with Crippen molar-refractivity contribution in [3.8, 4) is 0 Å². The maximum Gasteiger partial charge on any atom is 0.328 e. The number of ether oxygens (including phenoxy) is 2. The lowest BCUT2D eigenvalue weighted by atomic mass is 10.1. The lowest BCUT2D eigenvalue weighted by molar-refractivity contribution is -0.150. The number of benzene rings is 1. The molecule has 0 saturated carbocycles. The van der Waals surface area contributed by atoms with Gasteiger partial charge in [0, 0.05) is 24.2 Å². The van der Waals surface area contributed by atoms with E-state index < -0.39 is 18.0 Å². The summed E-state index contributed by atoms with van der Waals surface area (Å²) in [7, 11) is 0. The molecule has 0 spiro atoms. The van der Waals surface area contributed by atoms with Gasteiger partial charge in [-0.2, -0.15) is 0 Å². The lowest BCUT2D eigenvalue weighted by Gasteiger charge is -2.25. The smallest absolute Gasteiger partial charge is 0.328 e. The van der Waals surface area contributed by atoms with E-state index in [4.69, 9.17) is 15.2 Å². The van der Waals surface area contributed by atoms with E-state index in [0.29, 0.717) is 11.3 Å². The first-order valence-corrected chi connectivity index (χ1v) is 7.99. The zero-order valence-electron chi connectivity index (χ0n) is 13.9. The van der Waals surface area contributed by atoms with Gasteiger partial charge in [-0.1, -0.05) is 0 Å². The molecule has 7 nitrogen and oxygen atoms in total. The Bertz CT molecular complexity index is 644. The molecule has 1 heterocycles. The first-order valence-electron chi connectivity index (χ1n) is 7.99. The minimum Gasteiger partial charge on any atom is -0.466 e. The summed E-state index contributed by atoms with van der Waals surface area (Å²) in [5.41, 5.74) is 7.60. The molecule has 1 amide bonds. The molecule has 2 rings (SSSR count). The third kappa shape index (κ3) is 3.84. The molecule has 0 radical (unpaired) electrons. The number of esters is 2. The molecule has 7 heteroatoms. The summed E-state index contributed by atoms with van der Waals surface area (Å²) in [5, 5.41) is 0. The highest BCUT2D eigenvalue weighted by Gasteiger charge is 2.37. The van der Waals surface area contributed by atoms with E-state index in [1.165, 1.54) is 4.90 Å². The maximum atomic E-state index is 12.6. The van der Waals surface area contributed by atoms with Crippen LogP contribution in [0, 0.1) is 0 Å². The molecule has 2 N–H and O–H groups in total. The van der Waals surface area contributed by atoms with Crippen LogP contribution in [-0.4, -0.2) is 42.0 Å². The lowest BCUT2D eigenvalue weighted by Crippen LogP contribution is -2.42. The molecule has 0 saturated heterocycles. The second-order valence-corrected chi connectivity index (χ2v) is 5.46. The fraction of sp³-hybridized carbons (Fsp3) is 0.471. The van der Waals surface area contributed by atoms with Crippen LogP contribution in [0.2, 0.25) is 0 Å². The molecule has 1 aromatic carbocycles. The molecule has 1 aromatic rings. The molecule has 24 heavy (non-hydrogen) atoms. The summed E-state index contributed by atoms with van der Waals surface area (Å²) in [6, 6.07) is 4.20. The second-order valence-electron chi connectivity index (χ2n) is 5.46. The van der Waals surface area contributed by atoms with Gasteiger partial charge in [-0.05, 0) is 44.0 Å². The van der Waals surface area contributed by atoms with Crippen molar-refractivity contribution in [2.45, 2.75) is 39.3 Å². The van der Waals surface area contributed by atoms with E-state index >= 15 is 0 Å². The number of nitrogens with two attached hydrogens (primary N) is 1. The van der Waals surface area contributed by atoms with Gasteiger partial charge in [-0.25, -0.2) is 4.79 Å². The predicted molar refractivity (Wildman–Crippen MR) is 87.0 cm³/mol. The SMILES string of the molecule is CCOC(=O)CC[C@@H](C(=O)OCC)N1Cc2cc(N)ccc2C1=O. The van der Waals surface area contributed by atoms with Crippen molar-refractivity contribution in [3.05, 3.63) is 29.3 Å². The van der Waals surface area contributed by atoms with Crippen molar-refractivity contribution in [2.24, 2.45) is 0 Å². The van der Waals surface area contributed by atoms with Gasteiger partial charge >= 0.3 is 11.9 Å². The van der Waals surface area contributed by atoms with Crippen LogP contribution in [0.5, 0.6) is 0 Å². The first-order chi connectivity index (χ1) is 11.5. The van der Waals surface area contributed by atoms with Crippen LogP contribution in [-0.2, 0) is 25.6 Å². The van der Waals surface area contributed by atoms with Crippen LogP contribution >= 0.6 is 0 Å². The molecule has 1 aliphatic heterocycles. The van der Waals surface area contributed by atoms with E-state index in [0.717, 1.165) is 5.56 Å². The zero-order chi connectivity index (χ0) is 17.7. The quantitative estimate of drug-likeness (QED) is 0.599. The van der Waals surface area contributed by atoms with E-state index in [2.05, 4.69) is 0 Å². The normalized spacial score (nSPS) is 14.2. The minimum atomic E-state index is -0.824. The Morgan fingerprint density at radius 2 is 1.96 bits per heavy atom. The maximum absolute atomic E-state index is 12.6. The van der Waals surface area contributed by atoms with Gasteiger partial charge in [0.1, 0.15) is 6.04 Å². The Hall–Kier alpha value is -2.57.